The fourth-order valence-corrected chi connectivity index (χ4v) is 3.39. The molecule has 0 aliphatic rings. The molecule has 0 radical (unpaired) electrons. The summed E-state index contributed by atoms with van der Waals surface area (Å²) in [6.45, 7) is 5.89. The largest absolute Gasteiger partial charge is 0.493 e. The van der Waals surface area contributed by atoms with Crippen LogP contribution < -0.4 is 14.8 Å². The number of nitrogens with one attached hydrogen (secondary N) is 1. The lowest BCUT2D eigenvalue weighted by molar-refractivity contribution is -0.142. The number of halogens is 1. The maximum Gasteiger partial charge on any atom is 0.326 e. The van der Waals surface area contributed by atoms with Crippen LogP contribution in [0.2, 0.25) is 0 Å². The van der Waals surface area contributed by atoms with Gasteiger partial charge in [-0.05, 0) is 58.1 Å². The van der Waals surface area contributed by atoms with Crippen molar-refractivity contribution in [1.29, 1.82) is 0 Å². The predicted octanol–water partition coefficient (Wildman–Crippen LogP) is 4.58. The first-order chi connectivity index (χ1) is 14.2. The van der Waals surface area contributed by atoms with E-state index in [1.54, 1.807) is 39.2 Å². The Kier molecular flexibility index (Phi) is 8.47. The number of aliphatic carboxylic acids is 1. The number of carbonyl (C=O) groups excluding carboxylic acids is 1. The van der Waals surface area contributed by atoms with E-state index in [4.69, 9.17) is 9.47 Å². The van der Waals surface area contributed by atoms with Crippen LogP contribution in [-0.2, 0) is 16.2 Å². The van der Waals surface area contributed by atoms with Crippen LogP contribution in [0.5, 0.6) is 11.5 Å². The lowest BCUT2D eigenvalue weighted by Crippen LogP contribution is -2.43. The van der Waals surface area contributed by atoms with Gasteiger partial charge in [-0.25, -0.2) is 4.79 Å². The van der Waals surface area contributed by atoms with Gasteiger partial charge < -0.3 is 19.9 Å². The van der Waals surface area contributed by atoms with Crippen molar-refractivity contribution < 1.29 is 24.2 Å². The van der Waals surface area contributed by atoms with E-state index in [0.29, 0.717) is 28.1 Å². The zero-order valence-electron chi connectivity index (χ0n) is 17.4. The Morgan fingerprint density at radius 1 is 1.23 bits per heavy atom. The van der Waals surface area contributed by atoms with E-state index < -0.39 is 17.9 Å². The van der Waals surface area contributed by atoms with Crippen molar-refractivity contribution in [3.63, 3.8) is 0 Å². The monoisotopic (exact) mass is 475 g/mol. The number of methoxy groups -OCH3 is 1. The molecule has 0 fully saturated rings. The number of hydrogen-bond donors (Lipinski definition) is 2. The van der Waals surface area contributed by atoms with Gasteiger partial charge in [-0.1, -0.05) is 43.7 Å². The zero-order valence-corrected chi connectivity index (χ0v) is 19.0. The molecule has 160 valence electrons. The molecule has 1 atom stereocenters. The van der Waals surface area contributed by atoms with E-state index in [9.17, 15) is 14.7 Å². The molecule has 7 heteroatoms. The molecule has 6 nitrogen and oxygen atoms in total. The summed E-state index contributed by atoms with van der Waals surface area (Å²) < 4.78 is 12.1. The molecule has 0 spiro atoms. The minimum absolute atomic E-state index is 0.223. The lowest BCUT2D eigenvalue weighted by atomic mass is 10.0. The molecule has 30 heavy (non-hydrogen) atoms. The molecule has 0 saturated heterocycles. The highest BCUT2D eigenvalue weighted by Crippen LogP contribution is 2.37. The normalized spacial score (nSPS) is 12.1. The second-order valence-electron chi connectivity index (χ2n) is 7.21. The number of carbonyl (C=O) groups is 2. The third kappa shape index (κ3) is 6.62. The highest BCUT2D eigenvalue weighted by molar-refractivity contribution is 9.10. The summed E-state index contributed by atoms with van der Waals surface area (Å²) in [5.41, 5.74) is 2.90. The molecule has 0 aromatic heterocycles. The van der Waals surface area contributed by atoms with Gasteiger partial charge in [-0.15, -0.1) is 0 Å². The molecular weight excluding hydrogens is 450 g/mol. The van der Waals surface area contributed by atoms with Crippen molar-refractivity contribution in [2.75, 3.05) is 7.11 Å². The Morgan fingerprint density at radius 3 is 2.57 bits per heavy atom. The zero-order chi connectivity index (χ0) is 22.3. The van der Waals surface area contributed by atoms with Crippen molar-refractivity contribution in [2.45, 2.75) is 33.4 Å². The fraction of sp³-hybridized carbons (Fsp3) is 0.304. The summed E-state index contributed by atoms with van der Waals surface area (Å²) in [7, 11) is 1.54. The van der Waals surface area contributed by atoms with Crippen LogP contribution in [0.1, 0.15) is 30.5 Å². The number of benzene rings is 2. The summed E-state index contributed by atoms with van der Waals surface area (Å²) in [4.78, 5) is 23.3. The quantitative estimate of drug-likeness (QED) is 0.518. The Bertz CT molecular complexity index is 939. The van der Waals surface area contributed by atoms with E-state index in [1.165, 1.54) is 6.08 Å². The van der Waals surface area contributed by atoms with Gasteiger partial charge in [0.05, 0.1) is 11.6 Å². The van der Waals surface area contributed by atoms with E-state index >= 15 is 0 Å². The molecule has 0 aliphatic heterocycles. The summed E-state index contributed by atoms with van der Waals surface area (Å²) in [6, 6.07) is 10.7. The number of carboxylic acids is 1. The van der Waals surface area contributed by atoms with Gasteiger partial charge in [0.15, 0.2) is 11.5 Å². The van der Waals surface area contributed by atoms with Crippen LogP contribution >= 0.6 is 15.9 Å². The van der Waals surface area contributed by atoms with E-state index in [-0.39, 0.29) is 5.92 Å². The van der Waals surface area contributed by atoms with Gasteiger partial charge in [0, 0.05) is 6.08 Å². The van der Waals surface area contributed by atoms with Gasteiger partial charge >= 0.3 is 5.97 Å². The minimum Gasteiger partial charge on any atom is -0.493 e. The first kappa shape index (κ1) is 23.5. The molecule has 2 rings (SSSR count). The number of carboxylic acid groups (broad SMARTS) is 1. The summed E-state index contributed by atoms with van der Waals surface area (Å²) >= 11 is 3.50. The van der Waals surface area contributed by atoms with Crippen LogP contribution in [0, 0.1) is 12.8 Å². The van der Waals surface area contributed by atoms with Crippen molar-refractivity contribution in [3.8, 4) is 11.5 Å². The van der Waals surface area contributed by atoms with Crippen LogP contribution in [-0.4, -0.2) is 30.1 Å². The Balaban J connectivity index is 2.13. The van der Waals surface area contributed by atoms with Crippen molar-refractivity contribution in [2.24, 2.45) is 5.92 Å². The number of amides is 1. The van der Waals surface area contributed by atoms with Crippen molar-refractivity contribution in [1.82, 2.24) is 5.32 Å². The average Bonchev–Trinajstić information content (AvgIpc) is 2.68. The molecule has 0 heterocycles. The summed E-state index contributed by atoms with van der Waals surface area (Å²) in [6.07, 6.45) is 2.89. The number of aryl methyl sites for hydroxylation is 1. The van der Waals surface area contributed by atoms with Crippen LogP contribution in [0.3, 0.4) is 0 Å². The number of rotatable bonds is 9. The molecule has 0 unspecified atom stereocenters. The van der Waals surface area contributed by atoms with Gasteiger partial charge in [0.2, 0.25) is 5.91 Å². The minimum atomic E-state index is -1.06. The highest BCUT2D eigenvalue weighted by atomic mass is 79.9. The third-order valence-electron chi connectivity index (χ3n) is 4.38. The van der Waals surface area contributed by atoms with Crippen LogP contribution in [0.25, 0.3) is 6.08 Å². The van der Waals surface area contributed by atoms with Gasteiger partial charge in [0.25, 0.3) is 0 Å². The second-order valence-corrected chi connectivity index (χ2v) is 8.07. The number of hydrogen-bond acceptors (Lipinski definition) is 4. The van der Waals surface area contributed by atoms with Crippen molar-refractivity contribution in [3.05, 3.63) is 63.6 Å². The molecule has 0 saturated carbocycles. The Labute approximate surface area is 185 Å². The lowest BCUT2D eigenvalue weighted by Gasteiger charge is -2.16. The number of ether oxygens (including phenoxy) is 2. The van der Waals surface area contributed by atoms with Crippen molar-refractivity contribution >= 4 is 33.9 Å². The topological polar surface area (TPSA) is 84.9 Å². The average molecular weight is 476 g/mol. The van der Waals surface area contributed by atoms with Gasteiger partial charge in [0.1, 0.15) is 12.6 Å². The third-order valence-corrected chi connectivity index (χ3v) is 4.96. The Hall–Kier alpha value is -2.80. The summed E-state index contributed by atoms with van der Waals surface area (Å²) in [5.74, 6) is -0.690. The Morgan fingerprint density at radius 2 is 1.97 bits per heavy atom. The standard InChI is InChI=1S/C23H26BrNO5/c1-14(2)21(23(27)28)25-20(26)9-8-16-11-18(24)22(19(12-16)29-4)30-13-17-7-5-6-15(3)10-17/h5-12,14,21H,13H2,1-4H3,(H,25,26)(H,27,28)/b9-8+/t21-/m1/s1. The molecule has 0 aliphatic carbocycles. The first-order valence-corrected chi connectivity index (χ1v) is 10.3. The van der Waals surface area contributed by atoms with Crippen LogP contribution in [0.4, 0.5) is 0 Å². The maximum absolute atomic E-state index is 12.1. The van der Waals surface area contributed by atoms with E-state index in [2.05, 4.69) is 27.3 Å². The molecule has 2 aromatic carbocycles. The molecule has 2 aromatic rings. The molecule has 2 N–H and O–H groups in total. The summed E-state index contributed by atoms with van der Waals surface area (Å²) in [5, 5.41) is 11.7. The van der Waals surface area contributed by atoms with E-state index in [0.717, 1.165) is 11.1 Å². The smallest absolute Gasteiger partial charge is 0.326 e. The highest BCUT2D eigenvalue weighted by Gasteiger charge is 2.22. The molecule has 0 bridgehead atoms. The maximum atomic E-state index is 12.1. The van der Waals surface area contributed by atoms with Gasteiger partial charge in [-0.2, -0.15) is 0 Å². The predicted molar refractivity (Wildman–Crippen MR) is 120 cm³/mol. The first-order valence-electron chi connectivity index (χ1n) is 9.48. The molecule has 1 amide bonds. The van der Waals surface area contributed by atoms with Crippen LogP contribution in [0.15, 0.2) is 46.9 Å². The SMILES string of the molecule is COc1cc(/C=C/C(=O)N[C@@H](C(=O)O)C(C)C)cc(Br)c1OCc1cccc(C)c1. The fourth-order valence-electron chi connectivity index (χ4n) is 2.82. The van der Waals surface area contributed by atoms with Gasteiger partial charge in [-0.3, -0.25) is 4.79 Å². The molecular formula is C23H26BrNO5. The van der Waals surface area contributed by atoms with E-state index in [1.807, 2.05) is 25.1 Å². The second kappa shape index (κ2) is 10.8.